The summed E-state index contributed by atoms with van der Waals surface area (Å²) >= 11 is 0. The summed E-state index contributed by atoms with van der Waals surface area (Å²) in [5, 5.41) is -15.4. The molecule has 0 N–H and O–H groups in total. The molecule has 0 spiro atoms. The third-order valence-electron chi connectivity index (χ3n) is 9.10. The number of nitrogens with zero attached hydrogens (tertiary/aromatic N) is 3. The van der Waals surface area contributed by atoms with Crippen molar-refractivity contribution in [1.29, 1.82) is 0 Å². The van der Waals surface area contributed by atoms with Gasteiger partial charge in [-0.1, -0.05) is 26.9 Å². The third-order valence-corrected chi connectivity index (χ3v) is 9.10. The van der Waals surface area contributed by atoms with Gasteiger partial charge in [-0.3, -0.25) is 14.2 Å². The van der Waals surface area contributed by atoms with Gasteiger partial charge in [-0.25, -0.2) is 17.6 Å². The maximum Gasteiger partial charge on any atom is 0.451 e. The van der Waals surface area contributed by atoms with E-state index in [1.807, 2.05) is 0 Å². The molecular formula is C19F37N3O3. The van der Waals surface area contributed by atoms with Crippen molar-refractivity contribution in [2.75, 3.05) is 0 Å². The summed E-state index contributed by atoms with van der Waals surface area (Å²) < 4.78 is 537. The van der Waals surface area contributed by atoms with E-state index in [-0.39, 0.29) is 0 Å². The van der Waals surface area contributed by atoms with Crippen LogP contribution in [0.3, 0.4) is 0 Å². The number of rotatable bonds is 12. The molecule has 4 aliphatic rings. The predicted octanol–water partition coefficient (Wildman–Crippen LogP) is 10.5. The summed E-state index contributed by atoms with van der Waals surface area (Å²) in [5.41, 5.74) is -41.1. The van der Waals surface area contributed by atoms with Crippen molar-refractivity contribution in [1.82, 2.24) is 16.0 Å². The number of ether oxygens (including phenoxy) is 3. The van der Waals surface area contributed by atoms with Gasteiger partial charge < -0.3 is 0 Å². The molecule has 62 heavy (non-hydrogen) atoms. The summed E-state index contributed by atoms with van der Waals surface area (Å²) in [5.74, 6) is -89.0. The Bertz CT molecular complexity index is 1550. The highest BCUT2D eigenvalue weighted by Crippen LogP contribution is 2.90. The van der Waals surface area contributed by atoms with Crippen molar-refractivity contribution in [2.24, 2.45) is 0 Å². The van der Waals surface area contributed by atoms with E-state index < -0.39 is 128 Å². The molecule has 3 unspecified atom stereocenters. The zero-order valence-corrected chi connectivity index (χ0v) is 26.1. The molecule has 3 atom stereocenters. The molecule has 0 aromatic carbocycles. The van der Waals surface area contributed by atoms with Gasteiger partial charge in [0.1, 0.15) is 0 Å². The molecule has 368 valence electrons. The molecule has 0 aromatic heterocycles. The first-order valence-electron chi connectivity index (χ1n) is 13.3. The van der Waals surface area contributed by atoms with Gasteiger partial charge >= 0.3 is 95.4 Å². The van der Waals surface area contributed by atoms with Crippen LogP contribution in [0, 0.1) is 0 Å². The highest BCUT2D eigenvalue weighted by atomic mass is 19.4. The Balaban J connectivity index is 2.99. The van der Waals surface area contributed by atoms with E-state index in [0.717, 1.165) is 14.2 Å². The van der Waals surface area contributed by atoms with Crippen LogP contribution in [0.4, 0.5) is 163 Å². The van der Waals surface area contributed by atoms with Crippen molar-refractivity contribution in [3.63, 3.8) is 0 Å². The van der Waals surface area contributed by atoms with E-state index in [4.69, 9.17) is 0 Å². The van der Waals surface area contributed by atoms with Crippen LogP contribution in [0.5, 0.6) is 0 Å². The van der Waals surface area contributed by atoms with E-state index >= 15 is 57.1 Å². The van der Waals surface area contributed by atoms with Gasteiger partial charge in [0.2, 0.25) is 0 Å². The Labute approximate surface area is 307 Å². The Morgan fingerprint density at radius 3 is 0.516 bits per heavy atom. The highest BCUT2D eigenvalue weighted by molar-refractivity contribution is 5.55. The maximum atomic E-state index is 16.1. The van der Waals surface area contributed by atoms with Gasteiger partial charge in [-0.05, 0) is 0 Å². The third kappa shape index (κ3) is 4.74. The van der Waals surface area contributed by atoms with Crippen LogP contribution >= 0.6 is 0 Å². The topological polar surface area (TPSA) is 37.4 Å². The Hall–Kier alpha value is -2.83. The molecule has 0 heterocycles. The highest BCUT2D eigenvalue weighted by Gasteiger charge is 3.24. The van der Waals surface area contributed by atoms with Gasteiger partial charge in [-0.15, -0.1) is 0 Å². The number of halogens is 37. The number of hydrogen-bond donors (Lipinski definition) is 0. The van der Waals surface area contributed by atoms with Crippen molar-refractivity contribution in [3.05, 3.63) is 0 Å². The Morgan fingerprint density at radius 1 is 0.258 bits per heavy atom. The van der Waals surface area contributed by atoms with Crippen molar-refractivity contribution in [2.45, 2.75) is 112 Å². The van der Waals surface area contributed by atoms with E-state index in [2.05, 4.69) is 0 Å². The smallest absolute Gasteiger partial charge is 0.290 e. The lowest BCUT2D eigenvalue weighted by atomic mass is 9.38. The zero-order chi connectivity index (χ0) is 50.4. The van der Waals surface area contributed by atoms with Crippen LogP contribution in [-0.2, 0) is 14.2 Å². The van der Waals surface area contributed by atoms with Gasteiger partial charge in [-0.2, -0.15) is 119 Å². The second-order valence-electron chi connectivity index (χ2n) is 12.1. The minimum atomic E-state index is -10.4. The lowest BCUT2D eigenvalue weighted by molar-refractivity contribution is -0.679. The molecular weight excluding hydrogens is 1020 g/mol. The molecule has 0 amide bonds. The van der Waals surface area contributed by atoms with E-state index in [0.29, 0.717) is 0 Å². The van der Waals surface area contributed by atoms with Crippen LogP contribution in [-0.4, -0.2) is 128 Å². The molecule has 4 aliphatic carbocycles. The Kier molecular flexibility index (Phi) is 10.8. The molecule has 6 nitrogen and oxygen atoms in total. The molecule has 4 bridgehead atoms. The first kappa shape index (κ1) is 53.5. The van der Waals surface area contributed by atoms with Crippen LogP contribution < -0.4 is 0 Å². The second-order valence-corrected chi connectivity index (χ2v) is 12.1. The number of hydrogen-bond acceptors (Lipinski definition) is 6. The summed E-state index contributed by atoms with van der Waals surface area (Å²) in [6, 6.07) is 0. The largest absolute Gasteiger partial charge is 0.451 e. The Morgan fingerprint density at radius 2 is 0.403 bits per heavy atom. The molecule has 4 saturated carbocycles. The monoisotopic (exact) mass is 1020 g/mol. The lowest BCUT2D eigenvalue weighted by Gasteiger charge is -2.77. The SMILES string of the molecule is FN(F)C(F)(C(F)(F)F)C(F)(F)OC12C(F)(F)C3(F)C(F)(F)C(OC(F)(F)C(F)(N(F)F)C(F)(F)F)(C1(F)F)C(F)(F)C(OC(F)(F)C(F)(N(F)F)C(F)(F)F)(C3(F)F)C2(F)F. The summed E-state index contributed by atoms with van der Waals surface area (Å²) in [6.45, 7) is 0. The van der Waals surface area contributed by atoms with Gasteiger partial charge in [0.05, 0.1) is 16.0 Å². The van der Waals surface area contributed by atoms with E-state index in [1.165, 1.54) is 0 Å². The van der Waals surface area contributed by atoms with E-state index in [9.17, 15) is 106 Å². The average molecular weight is 1020 g/mol. The van der Waals surface area contributed by atoms with Crippen molar-refractivity contribution >= 4 is 0 Å². The molecule has 0 saturated heterocycles. The van der Waals surface area contributed by atoms with Crippen LogP contribution in [0.25, 0.3) is 0 Å². The minimum Gasteiger partial charge on any atom is -0.290 e. The number of alkyl halides is 31. The molecule has 0 radical (unpaired) electrons. The maximum absolute atomic E-state index is 16.1. The zero-order valence-electron chi connectivity index (χ0n) is 26.1. The average Bonchev–Trinajstić information content (AvgIpc) is 3.01. The fourth-order valence-corrected chi connectivity index (χ4v) is 6.27. The van der Waals surface area contributed by atoms with Crippen LogP contribution in [0.2, 0.25) is 0 Å². The normalized spacial score (nSPS) is 34.6. The fraction of sp³-hybridized carbons (Fsp3) is 1.00. The van der Waals surface area contributed by atoms with Crippen molar-refractivity contribution < 1.29 is 177 Å². The fourth-order valence-electron chi connectivity index (χ4n) is 6.27. The first-order valence-corrected chi connectivity index (χ1v) is 13.3. The van der Waals surface area contributed by atoms with E-state index in [1.54, 1.807) is 0 Å². The van der Waals surface area contributed by atoms with Crippen molar-refractivity contribution in [3.8, 4) is 0 Å². The standard InChI is InChI=1S/C19F37N3O3/c20-1-5(21,22)2(60-17(45,46)11(33,57(51)52)14(36,37)38)8(27,28)3(6(1,23)24,61-18(47,48)12(34,58(53)54)15(39,40)41)10(31,32)4(7(1,25)26,9(2,29)30)62-19(49,50)13(35,59(55)56)16(42,43)44. The molecule has 0 aliphatic heterocycles. The van der Waals surface area contributed by atoms with Crippen LogP contribution in [0.1, 0.15) is 0 Å². The van der Waals surface area contributed by atoms with Gasteiger partial charge in [0.25, 0.3) is 16.8 Å². The molecule has 4 rings (SSSR count). The van der Waals surface area contributed by atoms with Gasteiger partial charge in [0.15, 0.2) is 0 Å². The van der Waals surface area contributed by atoms with Crippen LogP contribution in [0.15, 0.2) is 0 Å². The summed E-state index contributed by atoms with van der Waals surface area (Å²) in [6.07, 6.45) is -55.5. The summed E-state index contributed by atoms with van der Waals surface area (Å²) in [7, 11) is 0. The van der Waals surface area contributed by atoms with Gasteiger partial charge in [0, 0.05) is 0 Å². The summed E-state index contributed by atoms with van der Waals surface area (Å²) in [4.78, 5) is 0. The molecule has 43 heteroatoms. The quantitative estimate of drug-likeness (QED) is 0.110. The second kappa shape index (κ2) is 12.5. The molecule has 0 aromatic rings. The predicted molar refractivity (Wildman–Crippen MR) is 102 cm³/mol. The first-order chi connectivity index (χ1) is 26.5. The molecule has 4 fully saturated rings. The minimum absolute atomic E-state index is 1.02. The lowest BCUT2D eigenvalue weighted by Crippen LogP contribution is -3.12.